The molecular formula is C18H20FNO. The molecule has 21 heavy (non-hydrogen) atoms. The van der Waals surface area contributed by atoms with E-state index in [2.05, 4.69) is 43.4 Å². The van der Waals surface area contributed by atoms with Crippen LogP contribution in [0.25, 0.3) is 0 Å². The maximum atomic E-state index is 13.2. The molecule has 0 radical (unpaired) electrons. The lowest BCUT2D eigenvalue weighted by Crippen LogP contribution is -2.23. The van der Waals surface area contributed by atoms with Gasteiger partial charge in [-0.3, -0.25) is 0 Å². The minimum Gasteiger partial charge on any atom is -0.482 e. The summed E-state index contributed by atoms with van der Waals surface area (Å²) >= 11 is 0. The van der Waals surface area contributed by atoms with Gasteiger partial charge in [0.15, 0.2) is 0 Å². The second-order valence-corrected chi connectivity index (χ2v) is 5.97. The van der Waals surface area contributed by atoms with Crippen LogP contribution in [0.1, 0.15) is 31.1 Å². The summed E-state index contributed by atoms with van der Waals surface area (Å²) in [5.74, 6) is 1.12. The molecule has 1 atom stereocenters. The average molecular weight is 285 g/mol. The SMILES string of the molecule is CC(C)Cc1ccc(C2CNc3cc(F)ccc3O2)cc1. The molecule has 0 saturated heterocycles. The third kappa shape index (κ3) is 3.18. The minimum atomic E-state index is -0.249. The van der Waals surface area contributed by atoms with Crippen molar-refractivity contribution in [2.75, 3.05) is 11.9 Å². The van der Waals surface area contributed by atoms with Crippen molar-refractivity contribution in [3.8, 4) is 5.75 Å². The molecule has 0 aromatic heterocycles. The van der Waals surface area contributed by atoms with Gasteiger partial charge in [-0.15, -0.1) is 0 Å². The lowest BCUT2D eigenvalue weighted by atomic mass is 10.00. The highest BCUT2D eigenvalue weighted by molar-refractivity contribution is 5.58. The Kier molecular flexibility index (Phi) is 3.82. The second-order valence-electron chi connectivity index (χ2n) is 5.97. The zero-order valence-electron chi connectivity index (χ0n) is 12.4. The first kappa shape index (κ1) is 13.9. The van der Waals surface area contributed by atoms with Crippen LogP contribution in [0.4, 0.5) is 10.1 Å². The molecule has 0 amide bonds. The minimum absolute atomic E-state index is 0.0314. The summed E-state index contributed by atoms with van der Waals surface area (Å²) in [4.78, 5) is 0. The fourth-order valence-corrected chi connectivity index (χ4v) is 2.67. The number of hydrogen-bond donors (Lipinski definition) is 1. The van der Waals surface area contributed by atoms with E-state index in [0.29, 0.717) is 18.2 Å². The van der Waals surface area contributed by atoms with Crippen LogP contribution in [-0.2, 0) is 6.42 Å². The van der Waals surface area contributed by atoms with Crippen molar-refractivity contribution in [3.63, 3.8) is 0 Å². The van der Waals surface area contributed by atoms with E-state index < -0.39 is 0 Å². The highest BCUT2D eigenvalue weighted by Crippen LogP contribution is 2.34. The monoisotopic (exact) mass is 285 g/mol. The molecule has 3 rings (SSSR count). The Morgan fingerprint density at radius 3 is 2.67 bits per heavy atom. The molecule has 1 unspecified atom stereocenters. The standard InChI is InChI=1S/C18H20FNO/c1-12(2)9-13-3-5-14(6-4-13)18-11-20-16-10-15(19)7-8-17(16)21-18/h3-8,10,12,18,20H,9,11H2,1-2H3. The Balaban J connectivity index is 1.75. The molecule has 0 aliphatic carbocycles. The van der Waals surface area contributed by atoms with Gasteiger partial charge in [0.2, 0.25) is 0 Å². The molecule has 2 aromatic rings. The fourth-order valence-electron chi connectivity index (χ4n) is 2.67. The van der Waals surface area contributed by atoms with Gasteiger partial charge in [0, 0.05) is 6.07 Å². The lowest BCUT2D eigenvalue weighted by molar-refractivity contribution is 0.210. The molecule has 0 fully saturated rings. The summed E-state index contributed by atoms with van der Waals surface area (Å²) in [6.45, 7) is 5.09. The predicted octanol–water partition coefficient (Wildman–Crippen LogP) is 4.57. The van der Waals surface area contributed by atoms with E-state index in [9.17, 15) is 4.39 Å². The van der Waals surface area contributed by atoms with Gasteiger partial charge in [0.05, 0.1) is 12.2 Å². The molecule has 2 nitrogen and oxygen atoms in total. The average Bonchev–Trinajstić information content (AvgIpc) is 2.47. The number of nitrogens with one attached hydrogen (secondary N) is 1. The lowest BCUT2D eigenvalue weighted by Gasteiger charge is -2.27. The van der Waals surface area contributed by atoms with Gasteiger partial charge in [0.1, 0.15) is 17.7 Å². The fraction of sp³-hybridized carbons (Fsp3) is 0.333. The van der Waals surface area contributed by atoms with Gasteiger partial charge in [-0.1, -0.05) is 38.1 Å². The summed E-state index contributed by atoms with van der Waals surface area (Å²) in [6.07, 6.45) is 1.06. The molecule has 2 aromatic carbocycles. The molecule has 1 aliphatic rings. The Morgan fingerprint density at radius 2 is 1.95 bits per heavy atom. The molecule has 0 saturated carbocycles. The summed E-state index contributed by atoms with van der Waals surface area (Å²) in [5, 5.41) is 3.23. The van der Waals surface area contributed by atoms with Gasteiger partial charge >= 0.3 is 0 Å². The predicted molar refractivity (Wildman–Crippen MR) is 83.2 cm³/mol. The zero-order valence-corrected chi connectivity index (χ0v) is 12.4. The van der Waals surface area contributed by atoms with E-state index >= 15 is 0 Å². The smallest absolute Gasteiger partial charge is 0.143 e. The number of benzene rings is 2. The van der Waals surface area contributed by atoms with E-state index in [1.54, 1.807) is 6.07 Å². The Hall–Kier alpha value is -2.03. The van der Waals surface area contributed by atoms with Crippen LogP contribution in [0.15, 0.2) is 42.5 Å². The Morgan fingerprint density at radius 1 is 1.19 bits per heavy atom. The number of rotatable bonds is 3. The van der Waals surface area contributed by atoms with Crippen molar-refractivity contribution in [2.24, 2.45) is 5.92 Å². The molecule has 3 heteroatoms. The maximum absolute atomic E-state index is 13.2. The Bertz CT molecular complexity index is 622. The third-order valence-electron chi connectivity index (χ3n) is 3.68. The maximum Gasteiger partial charge on any atom is 0.143 e. The quantitative estimate of drug-likeness (QED) is 0.892. The van der Waals surface area contributed by atoms with E-state index in [-0.39, 0.29) is 11.9 Å². The number of halogens is 1. The second kappa shape index (κ2) is 5.76. The van der Waals surface area contributed by atoms with Crippen molar-refractivity contribution in [1.29, 1.82) is 0 Å². The molecular weight excluding hydrogens is 265 g/mol. The largest absolute Gasteiger partial charge is 0.482 e. The molecule has 0 bridgehead atoms. The molecule has 1 N–H and O–H groups in total. The van der Waals surface area contributed by atoms with Gasteiger partial charge in [0.25, 0.3) is 0 Å². The van der Waals surface area contributed by atoms with Crippen LogP contribution >= 0.6 is 0 Å². The van der Waals surface area contributed by atoms with Crippen LogP contribution < -0.4 is 10.1 Å². The first-order valence-electron chi connectivity index (χ1n) is 7.41. The first-order chi connectivity index (χ1) is 10.1. The van der Waals surface area contributed by atoms with E-state index in [0.717, 1.165) is 17.7 Å². The summed E-state index contributed by atoms with van der Waals surface area (Å²) in [7, 11) is 0. The number of hydrogen-bond acceptors (Lipinski definition) is 2. The van der Waals surface area contributed by atoms with Gasteiger partial charge in [-0.05, 0) is 35.6 Å². The van der Waals surface area contributed by atoms with Gasteiger partial charge in [-0.25, -0.2) is 4.39 Å². The van der Waals surface area contributed by atoms with Crippen molar-refractivity contribution < 1.29 is 9.13 Å². The Labute approximate surface area is 125 Å². The van der Waals surface area contributed by atoms with Crippen molar-refractivity contribution >= 4 is 5.69 Å². The van der Waals surface area contributed by atoms with Crippen molar-refractivity contribution in [2.45, 2.75) is 26.4 Å². The molecule has 1 aliphatic heterocycles. The van der Waals surface area contributed by atoms with Crippen molar-refractivity contribution in [1.82, 2.24) is 0 Å². The van der Waals surface area contributed by atoms with Crippen LogP contribution in [0, 0.1) is 11.7 Å². The van der Waals surface area contributed by atoms with Crippen LogP contribution in [0.3, 0.4) is 0 Å². The van der Waals surface area contributed by atoms with Crippen molar-refractivity contribution in [3.05, 3.63) is 59.4 Å². The number of anilines is 1. The van der Waals surface area contributed by atoms with Gasteiger partial charge in [-0.2, -0.15) is 0 Å². The number of fused-ring (bicyclic) bond motifs is 1. The highest BCUT2D eigenvalue weighted by Gasteiger charge is 2.21. The molecule has 0 spiro atoms. The van der Waals surface area contributed by atoms with Gasteiger partial charge < -0.3 is 10.1 Å². The van der Waals surface area contributed by atoms with E-state index in [4.69, 9.17) is 4.74 Å². The first-order valence-corrected chi connectivity index (χ1v) is 7.41. The normalized spacial score (nSPS) is 17.0. The topological polar surface area (TPSA) is 21.3 Å². The van der Waals surface area contributed by atoms with Crippen LogP contribution in [0.5, 0.6) is 5.75 Å². The summed E-state index contributed by atoms with van der Waals surface area (Å²) in [5.41, 5.74) is 3.22. The highest BCUT2D eigenvalue weighted by atomic mass is 19.1. The molecule has 110 valence electrons. The van der Waals surface area contributed by atoms with Crippen LogP contribution in [-0.4, -0.2) is 6.54 Å². The summed E-state index contributed by atoms with van der Waals surface area (Å²) < 4.78 is 19.1. The summed E-state index contributed by atoms with van der Waals surface area (Å²) in [6, 6.07) is 13.2. The van der Waals surface area contributed by atoms with Crippen LogP contribution in [0.2, 0.25) is 0 Å². The van der Waals surface area contributed by atoms with E-state index in [1.807, 2.05) is 0 Å². The zero-order chi connectivity index (χ0) is 14.8. The molecule has 1 heterocycles. The number of ether oxygens (including phenoxy) is 1. The third-order valence-corrected chi connectivity index (χ3v) is 3.68. The van der Waals surface area contributed by atoms with E-state index in [1.165, 1.54) is 17.7 Å².